The first-order chi connectivity index (χ1) is 5.95. The lowest BCUT2D eigenvalue weighted by atomic mass is 9.88. The average molecular weight is 179 g/mol. The van der Waals surface area contributed by atoms with Crippen molar-refractivity contribution in [1.29, 1.82) is 0 Å². The zero-order chi connectivity index (χ0) is 10.1. The lowest BCUT2D eigenvalue weighted by Crippen LogP contribution is -2.18. The largest absolute Gasteiger partial charge is 0.368 e. The minimum atomic E-state index is 0.0441. The molecule has 0 atom stereocenters. The first-order valence-electron chi connectivity index (χ1n) is 4.57. The monoisotopic (exact) mass is 179 g/mol. The molecule has 2 N–H and O–H groups in total. The summed E-state index contributed by atoms with van der Waals surface area (Å²) in [6, 6.07) is 0. The van der Waals surface area contributed by atoms with E-state index in [2.05, 4.69) is 37.7 Å². The third kappa shape index (κ3) is 2.17. The highest BCUT2D eigenvalue weighted by Crippen LogP contribution is 2.24. The number of nitrogens with zero attached hydrogens (tertiary/aromatic N) is 2. The Bertz CT molecular complexity index is 300. The van der Waals surface area contributed by atoms with E-state index in [1.165, 1.54) is 5.56 Å². The van der Waals surface area contributed by atoms with Crippen LogP contribution in [-0.4, -0.2) is 9.97 Å². The average Bonchev–Trinajstić information content (AvgIpc) is 2.03. The smallest absolute Gasteiger partial charge is 0.220 e. The first-order valence-corrected chi connectivity index (χ1v) is 4.57. The Morgan fingerprint density at radius 1 is 1.38 bits per heavy atom. The molecule has 0 aromatic carbocycles. The molecular formula is C10H17N3. The normalized spacial score (nSPS) is 11.7. The predicted molar refractivity (Wildman–Crippen MR) is 54.5 cm³/mol. The second kappa shape index (κ2) is 3.32. The minimum absolute atomic E-state index is 0.0441. The van der Waals surface area contributed by atoms with Gasteiger partial charge in [0.2, 0.25) is 5.95 Å². The Morgan fingerprint density at radius 2 is 2.00 bits per heavy atom. The lowest BCUT2D eigenvalue weighted by Gasteiger charge is -2.20. The highest BCUT2D eigenvalue weighted by atomic mass is 15.0. The van der Waals surface area contributed by atoms with E-state index in [0.29, 0.717) is 5.95 Å². The number of nitrogen functional groups attached to an aromatic ring is 1. The Hall–Kier alpha value is -1.12. The van der Waals surface area contributed by atoms with Crippen molar-refractivity contribution in [3.05, 3.63) is 17.5 Å². The molecule has 0 amide bonds. The van der Waals surface area contributed by atoms with Crippen LogP contribution in [0.1, 0.15) is 39.0 Å². The predicted octanol–water partition coefficient (Wildman–Crippen LogP) is 1.92. The summed E-state index contributed by atoms with van der Waals surface area (Å²) in [6.07, 6.45) is 2.77. The Kier molecular flexibility index (Phi) is 2.55. The SMILES string of the molecule is CCc1cnc(N)nc1C(C)(C)C. The molecular weight excluding hydrogens is 162 g/mol. The van der Waals surface area contributed by atoms with Gasteiger partial charge in [-0.05, 0) is 12.0 Å². The van der Waals surface area contributed by atoms with Crippen molar-refractivity contribution in [2.75, 3.05) is 5.73 Å². The van der Waals surface area contributed by atoms with E-state index in [1.54, 1.807) is 0 Å². The van der Waals surface area contributed by atoms with Crippen LogP contribution in [0.15, 0.2) is 6.20 Å². The molecule has 0 aliphatic rings. The molecule has 1 aromatic rings. The molecule has 0 aliphatic carbocycles. The molecule has 0 saturated heterocycles. The number of aromatic nitrogens is 2. The van der Waals surface area contributed by atoms with E-state index in [-0.39, 0.29) is 5.41 Å². The molecule has 1 rings (SSSR count). The van der Waals surface area contributed by atoms with Crippen LogP contribution < -0.4 is 5.73 Å². The maximum atomic E-state index is 5.56. The van der Waals surface area contributed by atoms with Crippen molar-refractivity contribution in [1.82, 2.24) is 9.97 Å². The first kappa shape index (κ1) is 9.96. The van der Waals surface area contributed by atoms with E-state index in [4.69, 9.17) is 5.73 Å². The highest BCUT2D eigenvalue weighted by molar-refractivity contribution is 5.29. The standard InChI is InChI=1S/C10H17N3/c1-5-7-6-12-9(11)13-8(7)10(2,3)4/h6H,5H2,1-4H3,(H2,11,12,13). The molecule has 0 fully saturated rings. The number of rotatable bonds is 1. The molecule has 0 saturated carbocycles. The van der Waals surface area contributed by atoms with Gasteiger partial charge in [-0.1, -0.05) is 27.7 Å². The number of aryl methyl sites for hydroxylation is 1. The summed E-state index contributed by atoms with van der Waals surface area (Å²) in [5.41, 5.74) is 7.84. The second-order valence-electron chi connectivity index (χ2n) is 4.21. The number of hydrogen-bond acceptors (Lipinski definition) is 3. The van der Waals surface area contributed by atoms with E-state index < -0.39 is 0 Å². The third-order valence-corrected chi connectivity index (χ3v) is 1.97. The van der Waals surface area contributed by atoms with Crippen molar-refractivity contribution >= 4 is 5.95 Å². The van der Waals surface area contributed by atoms with Gasteiger partial charge in [0.25, 0.3) is 0 Å². The molecule has 13 heavy (non-hydrogen) atoms. The van der Waals surface area contributed by atoms with Gasteiger partial charge in [-0.15, -0.1) is 0 Å². The molecule has 3 heteroatoms. The minimum Gasteiger partial charge on any atom is -0.368 e. The van der Waals surface area contributed by atoms with Crippen LogP contribution in [0.4, 0.5) is 5.95 Å². The molecule has 0 radical (unpaired) electrons. The zero-order valence-corrected chi connectivity index (χ0v) is 8.76. The maximum absolute atomic E-state index is 5.56. The van der Waals surface area contributed by atoms with Crippen LogP contribution in [0.2, 0.25) is 0 Å². The number of nitrogens with two attached hydrogens (primary N) is 1. The summed E-state index contributed by atoms with van der Waals surface area (Å²) in [4.78, 5) is 8.27. The number of anilines is 1. The van der Waals surface area contributed by atoms with Gasteiger partial charge in [0.1, 0.15) is 0 Å². The fraction of sp³-hybridized carbons (Fsp3) is 0.600. The van der Waals surface area contributed by atoms with Crippen LogP contribution >= 0.6 is 0 Å². The van der Waals surface area contributed by atoms with Crippen molar-refractivity contribution in [3.63, 3.8) is 0 Å². The van der Waals surface area contributed by atoms with Gasteiger partial charge in [-0.25, -0.2) is 9.97 Å². The van der Waals surface area contributed by atoms with Crippen molar-refractivity contribution in [2.24, 2.45) is 0 Å². The van der Waals surface area contributed by atoms with Gasteiger partial charge in [0, 0.05) is 11.6 Å². The van der Waals surface area contributed by atoms with E-state index in [9.17, 15) is 0 Å². The summed E-state index contributed by atoms with van der Waals surface area (Å²) in [6.45, 7) is 8.50. The fourth-order valence-electron chi connectivity index (χ4n) is 1.33. The summed E-state index contributed by atoms with van der Waals surface area (Å²) in [7, 11) is 0. The van der Waals surface area contributed by atoms with Crippen LogP contribution in [-0.2, 0) is 11.8 Å². The second-order valence-corrected chi connectivity index (χ2v) is 4.21. The van der Waals surface area contributed by atoms with Crippen LogP contribution in [0.25, 0.3) is 0 Å². The molecule has 1 aromatic heterocycles. The Balaban J connectivity index is 3.24. The molecule has 0 bridgehead atoms. The van der Waals surface area contributed by atoms with Crippen LogP contribution in [0, 0.1) is 0 Å². The third-order valence-electron chi connectivity index (χ3n) is 1.97. The van der Waals surface area contributed by atoms with Gasteiger partial charge in [-0.2, -0.15) is 0 Å². The summed E-state index contributed by atoms with van der Waals surface area (Å²) in [5, 5.41) is 0. The summed E-state index contributed by atoms with van der Waals surface area (Å²) in [5.74, 6) is 0.363. The summed E-state index contributed by atoms with van der Waals surface area (Å²) >= 11 is 0. The van der Waals surface area contributed by atoms with Gasteiger partial charge in [-0.3, -0.25) is 0 Å². The molecule has 0 unspecified atom stereocenters. The molecule has 1 heterocycles. The van der Waals surface area contributed by atoms with E-state index >= 15 is 0 Å². The highest BCUT2D eigenvalue weighted by Gasteiger charge is 2.19. The molecule has 72 valence electrons. The summed E-state index contributed by atoms with van der Waals surface area (Å²) < 4.78 is 0. The van der Waals surface area contributed by atoms with Crippen LogP contribution in [0.3, 0.4) is 0 Å². The van der Waals surface area contributed by atoms with Gasteiger partial charge < -0.3 is 5.73 Å². The fourth-order valence-corrected chi connectivity index (χ4v) is 1.33. The van der Waals surface area contributed by atoms with Gasteiger partial charge in [0.15, 0.2) is 0 Å². The number of hydrogen-bond donors (Lipinski definition) is 1. The van der Waals surface area contributed by atoms with Crippen molar-refractivity contribution < 1.29 is 0 Å². The molecule has 0 aliphatic heterocycles. The Morgan fingerprint density at radius 3 is 2.46 bits per heavy atom. The van der Waals surface area contributed by atoms with Gasteiger partial charge in [0.05, 0.1) is 5.69 Å². The van der Waals surface area contributed by atoms with E-state index in [0.717, 1.165) is 12.1 Å². The van der Waals surface area contributed by atoms with Crippen molar-refractivity contribution in [3.8, 4) is 0 Å². The lowest BCUT2D eigenvalue weighted by molar-refractivity contribution is 0.560. The molecule has 3 nitrogen and oxygen atoms in total. The van der Waals surface area contributed by atoms with Crippen LogP contribution in [0.5, 0.6) is 0 Å². The topological polar surface area (TPSA) is 51.8 Å². The van der Waals surface area contributed by atoms with E-state index in [1.807, 2.05) is 6.20 Å². The zero-order valence-electron chi connectivity index (χ0n) is 8.76. The Labute approximate surface area is 79.4 Å². The molecule has 0 spiro atoms. The van der Waals surface area contributed by atoms with Gasteiger partial charge >= 0.3 is 0 Å². The quantitative estimate of drug-likeness (QED) is 0.716. The maximum Gasteiger partial charge on any atom is 0.220 e. The van der Waals surface area contributed by atoms with Crippen molar-refractivity contribution in [2.45, 2.75) is 39.5 Å².